The van der Waals surface area contributed by atoms with Gasteiger partial charge in [-0.05, 0) is 51.5 Å². The molecule has 2 aliphatic rings. The maximum Gasteiger partial charge on any atom is 0.0130 e. The van der Waals surface area contributed by atoms with Crippen LogP contribution >= 0.6 is 0 Å². The van der Waals surface area contributed by atoms with E-state index in [0.29, 0.717) is 0 Å². The van der Waals surface area contributed by atoms with E-state index >= 15 is 0 Å². The van der Waals surface area contributed by atoms with Gasteiger partial charge in [-0.3, -0.25) is 4.90 Å². The van der Waals surface area contributed by atoms with E-state index in [2.05, 4.69) is 24.0 Å². The maximum atomic E-state index is 2.77. The van der Waals surface area contributed by atoms with Gasteiger partial charge in [-0.1, -0.05) is 31.4 Å². The molecule has 0 aromatic rings. The van der Waals surface area contributed by atoms with Gasteiger partial charge in [0.15, 0.2) is 0 Å². The molecule has 0 amide bonds. The lowest BCUT2D eigenvalue weighted by molar-refractivity contribution is 0.188. The maximum absolute atomic E-state index is 2.77. The summed E-state index contributed by atoms with van der Waals surface area (Å²) in [5.41, 5.74) is 0. The Morgan fingerprint density at radius 3 is 2.62 bits per heavy atom. The highest BCUT2D eigenvalue weighted by Gasteiger charge is 2.26. The summed E-state index contributed by atoms with van der Waals surface area (Å²) in [6.07, 6.45) is 16.1. The first-order chi connectivity index (χ1) is 7.90. The van der Waals surface area contributed by atoms with E-state index in [9.17, 15) is 0 Å². The summed E-state index contributed by atoms with van der Waals surface area (Å²) in [5, 5.41) is 0. The predicted molar refractivity (Wildman–Crippen MR) is 70.6 cm³/mol. The largest absolute Gasteiger partial charge is 0.300 e. The number of hydrogen-bond donors (Lipinski definition) is 0. The van der Waals surface area contributed by atoms with Crippen molar-refractivity contribution in [2.75, 3.05) is 13.1 Å². The molecule has 2 rings (SSSR count). The van der Waals surface area contributed by atoms with E-state index in [1.54, 1.807) is 0 Å². The van der Waals surface area contributed by atoms with Crippen molar-refractivity contribution in [1.82, 2.24) is 4.90 Å². The molecule has 1 heterocycles. The molecule has 0 aromatic carbocycles. The lowest BCUT2D eigenvalue weighted by Gasteiger charge is -2.30. The van der Waals surface area contributed by atoms with Crippen LogP contribution in [0.5, 0.6) is 0 Å². The molecule has 0 bridgehead atoms. The third kappa shape index (κ3) is 3.35. The zero-order valence-corrected chi connectivity index (χ0v) is 10.8. The topological polar surface area (TPSA) is 3.24 Å². The summed E-state index contributed by atoms with van der Waals surface area (Å²) in [4.78, 5) is 2.77. The van der Waals surface area contributed by atoms with E-state index in [1.807, 2.05) is 0 Å². The molecule has 1 saturated carbocycles. The quantitative estimate of drug-likeness (QED) is 0.649. The van der Waals surface area contributed by atoms with Crippen LogP contribution in [0.3, 0.4) is 0 Å². The Balaban J connectivity index is 1.78. The van der Waals surface area contributed by atoms with Crippen LogP contribution < -0.4 is 0 Å². The Kier molecular flexibility index (Phi) is 4.90. The molecule has 1 saturated heterocycles. The van der Waals surface area contributed by atoms with Crippen molar-refractivity contribution in [2.45, 2.75) is 64.3 Å². The highest BCUT2D eigenvalue weighted by Crippen LogP contribution is 2.28. The second-order valence-corrected chi connectivity index (χ2v) is 5.60. The zero-order valence-electron chi connectivity index (χ0n) is 10.8. The van der Waals surface area contributed by atoms with Crippen LogP contribution in [0.2, 0.25) is 0 Å². The summed E-state index contributed by atoms with van der Waals surface area (Å²) >= 11 is 0. The lowest BCUT2D eigenvalue weighted by atomic mass is 9.89. The summed E-state index contributed by atoms with van der Waals surface area (Å²) < 4.78 is 0. The Morgan fingerprint density at radius 2 is 1.88 bits per heavy atom. The van der Waals surface area contributed by atoms with Gasteiger partial charge in [0.1, 0.15) is 0 Å². The van der Waals surface area contributed by atoms with Crippen molar-refractivity contribution < 1.29 is 0 Å². The average molecular weight is 221 g/mol. The third-order valence-corrected chi connectivity index (χ3v) is 4.36. The zero-order chi connectivity index (χ0) is 11.2. The fourth-order valence-electron chi connectivity index (χ4n) is 3.40. The Morgan fingerprint density at radius 1 is 1.06 bits per heavy atom. The molecule has 0 spiro atoms. The van der Waals surface area contributed by atoms with E-state index in [4.69, 9.17) is 0 Å². The number of allylic oxidation sites excluding steroid dienone is 1. The monoisotopic (exact) mass is 221 g/mol. The van der Waals surface area contributed by atoms with Gasteiger partial charge in [-0.25, -0.2) is 0 Å². The Labute approximate surface area is 101 Å². The molecule has 1 aliphatic carbocycles. The molecule has 0 radical (unpaired) electrons. The van der Waals surface area contributed by atoms with Gasteiger partial charge in [-0.15, -0.1) is 0 Å². The van der Waals surface area contributed by atoms with Crippen molar-refractivity contribution in [3.63, 3.8) is 0 Å². The minimum absolute atomic E-state index is 0.859. The molecule has 92 valence electrons. The first-order valence-corrected chi connectivity index (χ1v) is 7.25. The molecule has 0 aromatic heterocycles. The Bertz CT molecular complexity index is 215. The van der Waals surface area contributed by atoms with Crippen molar-refractivity contribution >= 4 is 0 Å². The molecule has 0 N–H and O–H groups in total. The second-order valence-electron chi connectivity index (χ2n) is 5.60. The fourth-order valence-corrected chi connectivity index (χ4v) is 3.40. The fraction of sp³-hybridized carbons (Fsp3) is 0.867. The van der Waals surface area contributed by atoms with Gasteiger partial charge in [0.2, 0.25) is 0 Å². The summed E-state index contributed by atoms with van der Waals surface area (Å²) in [7, 11) is 0. The van der Waals surface area contributed by atoms with Crippen molar-refractivity contribution in [3.05, 3.63) is 12.2 Å². The van der Waals surface area contributed by atoms with Gasteiger partial charge in [0.25, 0.3) is 0 Å². The summed E-state index contributed by atoms with van der Waals surface area (Å²) in [6, 6.07) is 0.859. The van der Waals surface area contributed by atoms with Crippen LogP contribution in [0, 0.1) is 5.92 Å². The number of nitrogens with zero attached hydrogens (tertiary/aromatic N) is 1. The smallest absolute Gasteiger partial charge is 0.0130 e. The minimum atomic E-state index is 0.859. The number of hydrogen-bond acceptors (Lipinski definition) is 1. The molecule has 16 heavy (non-hydrogen) atoms. The van der Waals surface area contributed by atoms with Gasteiger partial charge in [-0.2, -0.15) is 0 Å². The van der Waals surface area contributed by atoms with Gasteiger partial charge >= 0.3 is 0 Å². The van der Waals surface area contributed by atoms with Gasteiger partial charge in [0, 0.05) is 12.6 Å². The third-order valence-electron chi connectivity index (χ3n) is 4.36. The molecule has 1 atom stereocenters. The SMILES string of the molecule is C/C=C/CC1CCCN1CC1CCCCC1. The molecular formula is C15H27N. The molecule has 1 heteroatoms. The molecule has 1 unspecified atom stereocenters. The van der Waals surface area contributed by atoms with E-state index in [1.165, 1.54) is 64.5 Å². The molecule has 1 nitrogen and oxygen atoms in total. The Hall–Kier alpha value is -0.300. The van der Waals surface area contributed by atoms with Crippen molar-refractivity contribution in [2.24, 2.45) is 5.92 Å². The van der Waals surface area contributed by atoms with Gasteiger partial charge < -0.3 is 0 Å². The van der Waals surface area contributed by atoms with Crippen molar-refractivity contribution in [3.8, 4) is 0 Å². The summed E-state index contributed by atoms with van der Waals surface area (Å²) in [5.74, 6) is 1.01. The number of likely N-dealkylation sites (tertiary alicyclic amines) is 1. The van der Waals surface area contributed by atoms with Crippen LogP contribution in [0.1, 0.15) is 58.3 Å². The van der Waals surface area contributed by atoms with Crippen LogP contribution in [0.25, 0.3) is 0 Å². The van der Waals surface area contributed by atoms with E-state index in [0.717, 1.165) is 12.0 Å². The second kappa shape index (κ2) is 6.44. The normalized spacial score (nSPS) is 29.2. The molecular weight excluding hydrogens is 194 g/mol. The minimum Gasteiger partial charge on any atom is -0.300 e. The molecule has 2 fully saturated rings. The summed E-state index contributed by atoms with van der Waals surface area (Å²) in [6.45, 7) is 4.89. The van der Waals surface area contributed by atoms with Crippen LogP contribution in [0.15, 0.2) is 12.2 Å². The lowest BCUT2D eigenvalue weighted by Crippen LogP contribution is -2.34. The van der Waals surface area contributed by atoms with Crippen LogP contribution in [0.4, 0.5) is 0 Å². The van der Waals surface area contributed by atoms with Crippen molar-refractivity contribution in [1.29, 1.82) is 0 Å². The van der Waals surface area contributed by atoms with Crippen LogP contribution in [-0.4, -0.2) is 24.0 Å². The van der Waals surface area contributed by atoms with Crippen LogP contribution in [-0.2, 0) is 0 Å². The first-order valence-electron chi connectivity index (χ1n) is 7.25. The average Bonchev–Trinajstić information content (AvgIpc) is 2.75. The first kappa shape index (κ1) is 12.2. The van der Waals surface area contributed by atoms with E-state index in [-0.39, 0.29) is 0 Å². The predicted octanol–water partition coefficient (Wildman–Crippen LogP) is 4.00. The number of rotatable bonds is 4. The standard InChI is InChI=1S/C15H27N/c1-2-3-10-15-11-7-12-16(15)13-14-8-5-4-6-9-14/h2-3,14-15H,4-13H2,1H3/b3-2+. The highest BCUT2D eigenvalue weighted by molar-refractivity contribution is 4.89. The van der Waals surface area contributed by atoms with E-state index < -0.39 is 0 Å². The molecule has 1 aliphatic heterocycles. The highest BCUT2D eigenvalue weighted by atomic mass is 15.2. The van der Waals surface area contributed by atoms with Gasteiger partial charge in [0.05, 0.1) is 0 Å².